The molecule has 0 N–H and O–H groups in total. The molecule has 0 aliphatic carbocycles. The summed E-state index contributed by atoms with van der Waals surface area (Å²) >= 11 is 2.98. The van der Waals surface area contributed by atoms with Crippen molar-refractivity contribution in [3.8, 4) is 32.8 Å². The fourth-order valence-corrected chi connectivity index (χ4v) is 8.21. The Bertz CT molecular complexity index is 2530. The number of hydrogen-bond donors (Lipinski definition) is 0. The second-order valence-electron chi connectivity index (χ2n) is 12.1. The van der Waals surface area contributed by atoms with Crippen LogP contribution < -0.4 is 0 Å². The molecule has 50 heavy (non-hydrogen) atoms. The highest BCUT2D eigenvalue weighted by molar-refractivity contribution is 7.21. The Morgan fingerprint density at radius 3 is 1.30 bits per heavy atom. The van der Waals surface area contributed by atoms with E-state index >= 15 is 0 Å². The van der Waals surface area contributed by atoms with Crippen molar-refractivity contribution in [2.75, 3.05) is 0 Å². The second kappa shape index (κ2) is 13.1. The minimum absolute atomic E-state index is 0.920. The molecule has 0 spiro atoms. The van der Waals surface area contributed by atoms with E-state index in [2.05, 4.69) is 170 Å². The molecule has 0 radical (unpaired) electrons. The molecule has 0 unspecified atom stereocenters. The van der Waals surface area contributed by atoms with Crippen molar-refractivity contribution >= 4 is 55.5 Å². The van der Waals surface area contributed by atoms with Crippen LogP contribution in [0.5, 0.6) is 0 Å². The minimum Gasteiger partial charge on any atom is -0.236 e. The molecular formula is C45H29N3S2. The van der Waals surface area contributed by atoms with Crippen LogP contribution in [0.15, 0.2) is 176 Å². The van der Waals surface area contributed by atoms with Crippen molar-refractivity contribution < 1.29 is 0 Å². The number of rotatable bonds is 7. The standard InChI is InChI=1S/C45H29N3S2/c1-4-12-32(13-5-1)41(33-14-6-2-7-15-33)42(34-16-8-3-9-17-34)35-24-20-30(21-25-35)37-28-29-38(44-43(37)47-50-48-44)31-22-26-36(27-23-31)45-46-39-18-10-11-19-40(39)49-45/h1-29H. The summed E-state index contributed by atoms with van der Waals surface area (Å²) in [7, 11) is 0. The Morgan fingerprint density at radius 1 is 0.380 bits per heavy atom. The maximum atomic E-state index is 4.84. The highest BCUT2D eigenvalue weighted by Crippen LogP contribution is 2.40. The lowest BCUT2D eigenvalue weighted by Crippen LogP contribution is -1.97. The predicted octanol–water partition coefficient (Wildman–Crippen LogP) is 12.3. The van der Waals surface area contributed by atoms with Crippen molar-refractivity contribution in [3.63, 3.8) is 0 Å². The average Bonchev–Trinajstić information content (AvgIpc) is 3.86. The molecule has 9 rings (SSSR count). The molecule has 5 heteroatoms. The maximum absolute atomic E-state index is 4.84. The van der Waals surface area contributed by atoms with E-state index in [-0.39, 0.29) is 0 Å². The summed E-state index contributed by atoms with van der Waals surface area (Å²) < 4.78 is 10.8. The Morgan fingerprint density at radius 2 is 0.800 bits per heavy atom. The lowest BCUT2D eigenvalue weighted by molar-refractivity contribution is 1.47. The first kappa shape index (κ1) is 30.1. The molecule has 0 saturated carbocycles. The van der Waals surface area contributed by atoms with Crippen molar-refractivity contribution in [3.05, 3.63) is 198 Å². The molecule has 0 atom stereocenters. The van der Waals surface area contributed by atoms with E-state index in [1.165, 1.54) is 44.3 Å². The van der Waals surface area contributed by atoms with Crippen LogP contribution in [0.1, 0.15) is 22.3 Å². The molecule has 0 amide bonds. The van der Waals surface area contributed by atoms with Gasteiger partial charge in [0.15, 0.2) is 0 Å². The summed E-state index contributed by atoms with van der Waals surface area (Å²) in [6.07, 6.45) is 0. The Balaban J connectivity index is 1.10. The number of thiazole rings is 1. The molecular weight excluding hydrogens is 647 g/mol. The number of nitrogens with zero attached hydrogens (tertiary/aromatic N) is 3. The van der Waals surface area contributed by atoms with E-state index in [0.717, 1.165) is 54.9 Å². The monoisotopic (exact) mass is 675 g/mol. The van der Waals surface area contributed by atoms with Gasteiger partial charge in [-0.3, -0.25) is 0 Å². The largest absolute Gasteiger partial charge is 0.236 e. The summed E-state index contributed by atoms with van der Waals surface area (Å²) in [6, 6.07) is 62.2. The van der Waals surface area contributed by atoms with E-state index < -0.39 is 0 Å². The van der Waals surface area contributed by atoms with Crippen LogP contribution in [0.3, 0.4) is 0 Å². The first-order valence-electron chi connectivity index (χ1n) is 16.5. The summed E-state index contributed by atoms with van der Waals surface area (Å²) in [5.41, 5.74) is 15.5. The minimum atomic E-state index is 0.920. The van der Waals surface area contributed by atoms with Gasteiger partial charge < -0.3 is 0 Å². The molecule has 0 aliphatic heterocycles. The SMILES string of the molecule is c1ccc(C(=C(c2ccccc2)c2ccc(-c3ccc(-c4ccc(-c5nc6ccccc6s5)cc4)c4nsnc34)cc2)c2ccccc2)cc1. The fourth-order valence-electron chi connectivity index (χ4n) is 6.66. The van der Waals surface area contributed by atoms with Crippen molar-refractivity contribution in [2.45, 2.75) is 0 Å². The summed E-state index contributed by atoms with van der Waals surface area (Å²) in [5.74, 6) is 0. The zero-order valence-electron chi connectivity index (χ0n) is 26.9. The van der Waals surface area contributed by atoms with Gasteiger partial charge in [-0.15, -0.1) is 11.3 Å². The van der Waals surface area contributed by atoms with Crippen LogP contribution in [0, 0.1) is 0 Å². The van der Waals surface area contributed by atoms with Crippen LogP contribution in [0.25, 0.3) is 65.2 Å². The average molecular weight is 676 g/mol. The van der Waals surface area contributed by atoms with E-state index in [0.29, 0.717) is 0 Å². The van der Waals surface area contributed by atoms with Crippen LogP contribution in [0.4, 0.5) is 0 Å². The first-order chi connectivity index (χ1) is 24.8. The molecule has 0 aliphatic rings. The van der Waals surface area contributed by atoms with Crippen LogP contribution in [0.2, 0.25) is 0 Å². The van der Waals surface area contributed by atoms with Crippen LogP contribution >= 0.6 is 23.1 Å². The van der Waals surface area contributed by atoms with Gasteiger partial charge in [-0.1, -0.05) is 164 Å². The molecule has 0 bridgehead atoms. The van der Waals surface area contributed by atoms with Gasteiger partial charge in [-0.05, 0) is 56.7 Å². The van der Waals surface area contributed by atoms with Gasteiger partial charge >= 0.3 is 0 Å². The molecule has 3 nitrogen and oxygen atoms in total. The zero-order chi connectivity index (χ0) is 33.3. The van der Waals surface area contributed by atoms with Gasteiger partial charge in [0.05, 0.1) is 21.9 Å². The third kappa shape index (κ3) is 5.63. The van der Waals surface area contributed by atoms with Gasteiger partial charge in [0.25, 0.3) is 0 Å². The predicted molar refractivity (Wildman–Crippen MR) is 211 cm³/mol. The molecule has 9 aromatic rings. The number of aromatic nitrogens is 3. The summed E-state index contributed by atoms with van der Waals surface area (Å²) in [4.78, 5) is 4.84. The van der Waals surface area contributed by atoms with Gasteiger partial charge in [-0.25, -0.2) is 4.98 Å². The van der Waals surface area contributed by atoms with Crippen molar-refractivity contribution in [1.82, 2.24) is 13.7 Å². The highest BCUT2D eigenvalue weighted by Gasteiger charge is 2.18. The van der Waals surface area contributed by atoms with Gasteiger partial charge in [0.1, 0.15) is 16.0 Å². The van der Waals surface area contributed by atoms with E-state index in [1.54, 1.807) is 11.3 Å². The van der Waals surface area contributed by atoms with E-state index in [1.807, 2.05) is 6.07 Å². The summed E-state index contributed by atoms with van der Waals surface area (Å²) in [5, 5.41) is 1.03. The van der Waals surface area contributed by atoms with Crippen LogP contribution in [-0.2, 0) is 0 Å². The van der Waals surface area contributed by atoms with Gasteiger partial charge in [-0.2, -0.15) is 8.75 Å². The molecule has 2 aromatic heterocycles. The number of para-hydroxylation sites is 1. The third-order valence-corrected chi connectivity index (χ3v) is 10.7. The lowest BCUT2D eigenvalue weighted by Gasteiger charge is -2.18. The molecule has 236 valence electrons. The van der Waals surface area contributed by atoms with Crippen molar-refractivity contribution in [2.24, 2.45) is 0 Å². The molecule has 0 fully saturated rings. The van der Waals surface area contributed by atoms with Crippen LogP contribution in [-0.4, -0.2) is 13.7 Å². The molecule has 2 heterocycles. The Hall–Kier alpha value is -6.01. The Labute approximate surface area is 298 Å². The number of fused-ring (bicyclic) bond motifs is 2. The van der Waals surface area contributed by atoms with Gasteiger partial charge in [0.2, 0.25) is 0 Å². The fraction of sp³-hybridized carbons (Fsp3) is 0. The van der Waals surface area contributed by atoms with Gasteiger partial charge in [0, 0.05) is 16.7 Å². The summed E-state index contributed by atoms with van der Waals surface area (Å²) in [6.45, 7) is 0. The van der Waals surface area contributed by atoms with E-state index in [9.17, 15) is 0 Å². The normalized spacial score (nSPS) is 11.2. The smallest absolute Gasteiger partial charge is 0.124 e. The molecule has 7 aromatic carbocycles. The highest BCUT2D eigenvalue weighted by atomic mass is 32.1. The first-order valence-corrected chi connectivity index (χ1v) is 18.1. The maximum Gasteiger partial charge on any atom is 0.124 e. The number of hydrogen-bond acceptors (Lipinski definition) is 5. The molecule has 0 saturated heterocycles. The third-order valence-electron chi connectivity index (χ3n) is 9.07. The lowest BCUT2D eigenvalue weighted by atomic mass is 9.85. The van der Waals surface area contributed by atoms with Crippen molar-refractivity contribution in [1.29, 1.82) is 0 Å². The quantitative estimate of drug-likeness (QED) is 0.158. The Kier molecular flexibility index (Phi) is 7.90. The van der Waals surface area contributed by atoms with E-state index in [4.69, 9.17) is 13.7 Å². The topological polar surface area (TPSA) is 38.7 Å². The second-order valence-corrected chi connectivity index (χ2v) is 13.7. The zero-order valence-corrected chi connectivity index (χ0v) is 28.5. The number of benzene rings is 7.